The van der Waals surface area contributed by atoms with Crippen molar-refractivity contribution in [1.82, 2.24) is 14.9 Å². The molecule has 1 amide bonds. The maximum absolute atomic E-state index is 11.6. The Morgan fingerprint density at radius 1 is 1.07 bits per heavy atom. The Bertz CT molecular complexity index is 946. The molecule has 5 nitrogen and oxygen atoms in total. The molecule has 29 heavy (non-hydrogen) atoms. The summed E-state index contributed by atoms with van der Waals surface area (Å²) in [6.45, 7) is 5.32. The molecule has 1 N–H and O–H groups in total. The monoisotopic (exact) mass is 393 g/mol. The van der Waals surface area contributed by atoms with Gasteiger partial charge < -0.3 is 14.6 Å². The number of benzene rings is 2. The summed E-state index contributed by atoms with van der Waals surface area (Å²) < 4.78 is 7.84. The van der Waals surface area contributed by atoms with Crippen molar-refractivity contribution >= 4 is 16.9 Å². The van der Waals surface area contributed by atoms with Crippen molar-refractivity contribution in [1.29, 1.82) is 0 Å². The van der Waals surface area contributed by atoms with Crippen molar-refractivity contribution in [3.8, 4) is 5.75 Å². The van der Waals surface area contributed by atoms with Gasteiger partial charge in [-0.15, -0.1) is 0 Å². The molecule has 0 unspecified atom stereocenters. The molecule has 0 fully saturated rings. The highest BCUT2D eigenvalue weighted by Gasteiger charge is 2.13. The van der Waals surface area contributed by atoms with E-state index in [-0.39, 0.29) is 11.8 Å². The SMILES string of the molecule is COc1ccccc1Cn1c(CCCCCNC(=O)C(C)C)nc2ccccc21. The van der Waals surface area contributed by atoms with Crippen LogP contribution < -0.4 is 10.1 Å². The van der Waals surface area contributed by atoms with Crippen LogP contribution in [-0.2, 0) is 17.8 Å². The van der Waals surface area contributed by atoms with Gasteiger partial charge in [-0.25, -0.2) is 4.98 Å². The number of carbonyl (C=O) groups excluding carboxylic acids is 1. The third kappa shape index (κ3) is 5.37. The number of amides is 1. The first-order valence-electron chi connectivity index (χ1n) is 10.4. The first-order chi connectivity index (χ1) is 14.1. The second-order valence-corrected chi connectivity index (χ2v) is 7.67. The Balaban J connectivity index is 1.66. The maximum atomic E-state index is 11.6. The zero-order chi connectivity index (χ0) is 20.6. The highest BCUT2D eigenvalue weighted by molar-refractivity contribution is 5.77. The third-order valence-electron chi connectivity index (χ3n) is 5.16. The maximum Gasteiger partial charge on any atom is 0.222 e. The van der Waals surface area contributed by atoms with Crippen LogP contribution in [0.4, 0.5) is 0 Å². The molecule has 0 aliphatic rings. The van der Waals surface area contributed by atoms with Crippen molar-refractivity contribution in [2.45, 2.75) is 46.1 Å². The van der Waals surface area contributed by atoms with E-state index in [1.165, 1.54) is 0 Å². The van der Waals surface area contributed by atoms with Gasteiger partial charge in [0.1, 0.15) is 11.6 Å². The Morgan fingerprint density at radius 3 is 2.62 bits per heavy atom. The molecule has 5 heteroatoms. The summed E-state index contributed by atoms with van der Waals surface area (Å²) in [7, 11) is 1.71. The van der Waals surface area contributed by atoms with Crippen LogP contribution >= 0.6 is 0 Å². The molecule has 0 bridgehead atoms. The van der Waals surface area contributed by atoms with Gasteiger partial charge in [-0.1, -0.05) is 50.6 Å². The van der Waals surface area contributed by atoms with Gasteiger partial charge in [-0.3, -0.25) is 4.79 Å². The fraction of sp³-hybridized carbons (Fsp3) is 0.417. The molecule has 0 atom stereocenters. The van der Waals surface area contributed by atoms with Crippen molar-refractivity contribution < 1.29 is 9.53 Å². The number of hydrogen-bond acceptors (Lipinski definition) is 3. The van der Waals surface area contributed by atoms with Crippen molar-refractivity contribution in [2.75, 3.05) is 13.7 Å². The van der Waals surface area contributed by atoms with Crippen LogP contribution in [0.15, 0.2) is 48.5 Å². The van der Waals surface area contributed by atoms with E-state index in [1.54, 1.807) is 7.11 Å². The fourth-order valence-electron chi connectivity index (χ4n) is 3.50. The van der Waals surface area contributed by atoms with Crippen LogP contribution in [0.2, 0.25) is 0 Å². The van der Waals surface area contributed by atoms with Gasteiger partial charge in [-0.05, 0) is 31.0 Å². The van der Waals surface area contributed by atoms with Gasteiger partial charge in [0.15, 0.2) is 0 Å². The lowest BCUT2D eigenvalue weighted by atomic mass is 10.1. The lowest BCUT2D eigenvalue weighted by Gasteiger charge is -2.13. The van der Waals surface area contributed by atoms with E-state index in [0.717, 1.165) is 66.9 Å². The number of aryl methyl sites for hydroxylation is 1. The largest absolute Gasteiger partial charge is 0.496 e. The number of imidazole rings is 1. The summed E-state index contributed by atoms with van der Waals surface area (Å²) in [5.74, 6) is 2.17. The van der Waals surface area contributed by atoms with E-state index in [9.17, 15) is 4.79 Å². The van der Waals surface area contributed by atoms with Gasteiger partial charge >= 0.3 is 0 Å². The minimum Gasteiger partial charge on any atom is -0.496 e. The molecule has 0 radical (unpaired) electrons. The van der Waals surface area contributed by atoms with Gasteiger partial charge in [0.25, 0.3) is 0 Å². The van der Waals surface area contributed by atoms with Gasteiger partial charge in [-0.2, -0.15) is 0 Å². The van der Waals surface area contributed by atoms with Crippen LogP contribution in [0.1, 0.15) is 44.5 Å². The summed E-state index contributed by atoms with van der Waals surface area (Å²) in [4.78, 5) is 16.5. The zero-order valence-corrected chi connectivity index (χ0v) is 17.6. The molecule has 1 aromatic heterocycles. The Kier molecular flexibility index (Phi) is 7.28. The molecule has 0 aliphatic heterocycles. The van der Waals surface area contributed by atoms with Gasteiger partial charge in [0.2, 0.25) is 5.91 Å². The standard InChI is InChI=1S/C24H31N3O2/c1-18(2)24(28)25-16-10-4-5-15-23-26-20-12-7-8-13-21(20)27(23)17-19-11-6-9-14-22(19)29-3/h6-9,11-14,18H,4-5,10,15-17H2,1-3H3,(H,25,28). The van der Waals surface area contributed by atoms with Crippen molar-refractivity contribution in [2.24, 2.45) is 5.92 Å². The second-order valence-electron chi connectivity index (χ2n) is 7.67. The van der Waals surface area contributed by atoms with E-state index in [0.29, 0.717) is 0 Å². The van der Waals surface area contributed by atoms with E-state index >= 15 is 0 Å². The number of carbonyl (C=O) groups is 1. The predicted octanol–water partition coefficient (Wildman–Crippen LogP) is 4.58. The lowest BCUT2D eigenvalue weighted by Crippen LogP contribution is -2.28. The molecule has 3 aromatic rings. The number of nitrogens with one attached hydrogen (secondary N) is 1. The van der Waals surface area contributed by atoms with E-state index < -0.39 is 0 Å². The molecular weight excluding hydrogens is 362 g/mol. The quantitative estimate of drug-likeness (QED) is 0.513. The number of ether oxygens (including phenoxy) is 1. The Labute approximate surface area is 173 Å². The predicted molar refractivity (Wildman–Crippen MR) is 117 cm³/mol. The topological polar surface area (TPSA) is 56.1 Å². The van der Waals surface area contributed by atoms with Gasteiger partial charge in [0, 0.05) is 24.4 Å². The first-order valence-corrected chi connectivity index (χ1v) is 10.4. The minimum absolute atomic E-state index is 0.0462. The van der Waals surface area contributed by atoms with Crippen LogP contribution in [-0.4, -0.2) is 29.1 Å². The number of para-hydroxylation sites is 3. The smallest absolute Gasteiger partial charge is 0.222 e. The summed E-state index contributed by atoms with van der Waals surface area (Å²) in [5.41, 5.74) is 3.33. The summed E-state index contributed by atoms with van der Waals surface area (Å²) in [6.07, 6.45) is 4.02. The summed E-state index contributed by atoms with van der Waals surface area (Å²) >= 11 is 0. The molecule has 1 heterocycles. The number of aromatic nitrogens is 2. The summed E-state index contributed by atoms with van der Waals surface area (Å²) in [6, 6.07) is 16.4. The number of nitrogens with zero attached hydrogens (tertiary/aromatic N) is 2. The number of hydrogen-bond donors (Lipinski definition) is 1. The van der Waals surface area contributed by atoms with E-state index in [4.69, 9.17) is 9.72 Å². The average Bonchev–Trinajstić information content (AvgIpc) is 3.08. The molecule has 0 saturated carbocycles. The Hall–Kier alpha value is -2.82. The number of rotatable bonds is 10. The van der Waals surface area contributed by atoms with Crippen molar-refractivity contribution in [3.05, 3.63) is 59.9 Å². The number of methoxy groups -OCH3 is 1. The highest BCUT2D eigenvalue weighted by atomic mass is 16.5. The average molecular weight is 394 g/mol. The highest BCUT2D eigenvalue weighted by Crippen LogP contribution is 2.23. The molecule has 2 aromatic carbocycles. The minimum atomic E-state index is 0.0462. The zero-order valence-electron chi connectivity index (χ0n) is 17.6. The van der Waals surface area contributed by atoms with Crippen LogP contribution in [0.25, 0.3) is 11.0 Å². The second kappa shape index (κ2) is 10.1. The van der Waals surface area contributed by atoms with Crippen molar-refractivity contribution in [3.63, 3.8) is 0 Å². The molecule has 154 valence electrons. The third-order valence-corrected chi connectivity index (χ3v) is 5.16. The molecule has 0 saturated heterocycles. The summed E-state index contributed by atoms with van der Waals surface area (Å²) in [5, 5.41) is 2.99. The molecular formula is C24H31N3O2. The normalized spacial score (nSPS) is 11.2. The van der Waals surface area contributed by atoms with Crippen LogP contribution in [0.5, 0.6) is 5.75 Å². The fourth-order valence-corrected chi connectivity index (χ4v) is 3.50. The van der Waals surface area contributed by atoms with Crippen LogP contribution in [0.3, 0.4) is 0 Å². The molecule has 0 spiro atoms. The van der Waals surface area contributed by atoms with Crippen LogP contribution in [0, 0.1) is 5.92 Å². The first kappa shape index (κ1) is 20.9. The lowest BCUT2D eigenvalue weighted by molar-refractivity contribution is -0.123. The van der Waals surface area contributed by atoms with Gasteiger partial charge in [0.05, 0.1) is 24.7 Å². The number of unbranched alkanes of at least 4 members (excludes halogenated alkanes) is 2. The number of fused-ring (bicyclic) bond motifs is 1. The molecule has 0 aliphatic carbocycles. The van der Waals surface area contributed by atoms with E-state index in [1.807, 2.05) is 38.1 Å². The molecule has 3 rings (SSSR count). The van der Waals surface area contributed by atoms with E-state index in [2.05, 4.69) is 34.1 Å². The Morgan fingerprint density at radius 2 is 1.83 bits per heavy atom.